The van der Waals surface area contributed by atoms with Crippen molar-refractivity contribution < 1.29 is 4.52 Å². The quantitative estimate of drug-likeness (QED) is 0.755. The molecule has 3 aromatic rings. The lowest BCUT2D eigenvalue weighted by molar-refractivity contribution is 0.439. The van der Waals surface area contributed by atoms with Crippen molar-refractivity contribution in [3.8, 4) is 21.0 Å². The van der Waals surface area contributed by atoms with E-state index < -0.39 is 0 Å². The van der Waals surface area contributed by atoms with Crippen molar-refractivity contribution in [2.24, 2.45) is 0 Å². The Labute approximate surface area is 114 Å². The molecule has 0 bridgehead atoms. The van der Waals surface area contributed by atoms with Crippen LogP contribution in [-0.4, -0.2) is 5.16 Å². The van der Waals surface area contributed by atoms with Crippen LogP contribution >= 0.6 is 38.6 Å². The first-order chi connectivity index (χ1) is 8.27. The van der Waals surface area contributed by atoms with Gasteiger partial charge in [-0.05, 0) is 38.8 Å². The smallest absolute Gasteiger partial charge is 0.231 e. The molecule has 0 aliphatic rings. The number of thiophene rings is 2. The Hall–Kier alpha value is -1.11. The van der Waals surface area contributed by atoms with E-state index in [9.17, 15) is 0 Å². The number of anilines is 1. The van der Waals surface area contributed by atoms with Crippen LogP contribution in [0.3, 0.4) is 0 Å². The Kier molecular flexibility index (Phi) is 2.78. The van der Waals surface area contributed by atoms with E-state index in [0.29, 0.717) is 5.88 Å². The minimum atomic E-state index is 0.364. The maximum absolute atomic E-state index is 5.86. The predicted octanol–water partition coefficient (Wildman–Crippen LogP) is 4.48. The summed E-state index contributed by atoms with van der Waals surface area (Å²) in [5.74, 6) is 0.364. The van der Waals surface area contributed by atoms with E-state index in [1.54, 1.807) is 22.7 Å². The van der Waals surface area contributed by atoms with Gasteiger partial charge in [0.15, 0.2) is 0 Å². The zero-order chi connectivity index (χ0) is 11.8. The highest BCUT2D eigenvalue weighted by atomic mass is 79.9. The van der Waals surface area contributed by atoms with Crippen LogP contribution in [0, 0.1) is 0 Å². The third kappa shape index (κ3) is 1.82. The van der Waals surface area contributed by atoms with Crippen molar-refractivity contribution >= 4 is 44.5 Å². The molecule has 3 heterocycles. The average Bonchev–Trinajstić information content (AvgIpc) is 2.98. The fourth-order valence-corrected chi connectivity index (χ4v) is 3.90. The molecule has 0 spiro atoms. The highest BCUT2D eigenvalue weighted by Crippen LogP contribution is 2.42. The summed E-state index contributed by atoms with van der Waals surface area (Å²) in [6.07, 6.45) is 0. The lowest BCUT2D eigenvalue weighted by Crippen LogP contribution is -1.84. The lowest BCUT2D eigenvalue weighted by Gasteiger charge is -1.97. The highest BCUT2D eigenvalue weighted by Gasteiger charge is 2.20. The normalized spacial score (nSPS) is 10.9. The monoisotopic (exact) mass is 326 g/mol. The molecule has 0 radical (unpaired) electrons. The standard InChI is InChI=1S/C11H7BrN2OS2/c12-6-3-5-17-10(6)9-8(11(13)15-14-9)7-2-1-4-16-7/h1-5H,13H2. The van der Waals surface area contributed by atoms with E-state index in [1.165, 1.54) is 0 Å². The molecule has 3 aromatic heterocycles. The molecule has 0 unspecified atom stereocenters. The van der Waals surface area contributed by atoms with Crippen LogP contribution in [0.15, 0.2) is 38.0 Å². The number of aromatic nitrogens is 1. The average molecular weight is 327 g/mol. The lowest BCUT2D eigenvalue weighted by atomic mass is 10.2. The Morgan fingerprint density at radius 3 is 2.76 bits per heavy atom. The summed E-state index contributed by atoms with van der Waals surface area (Å²) in [6, 6.07) is 5.99. The largest absolute Gasteiger partial charge is 0.367 e. The summed E-state index contributed by atoms with van der Waals surface area (Å²) in [4.78, 5) is 2.10. The minimum absolute atomic E-state index is 0.364. The third-order valence-corrected chi connectivity index (χ3v) is 5.05. The van der Waals surface area contributed by atoms with E-state index in [0.717, 1.165) is 25.5 Å². The topological polar surface area (TPSA) is 52.0 Å². The van der Waals surface area contributed by atoms with Gasteiger partial charge in [-0.25, -0.2) is 0 Å². The second-order valence-electron chi connectivity index (χ2n) is 3.35. The van der Waals surface area contributed by atoms with E-state index in [1.807, 2.05) is 29.0 Å². The number of halogens is 1. The number of nitrogens with two attached hydrogens (primary N) is 1. The first kappa shape index (κ1) is 11.0. The van der Waals surface area contributed by atoms with Gasteiger partial charge in [-0.3, -0.25) is 0 Å². The van der Waals surface area contributed by atoms with Gasteiger partial charge >= 0.3 is 0 Å². The maximum Gasteiger partial charge on any atom is 0.231 e. The van der Waals surface area contributed by atoms with Crippen LogP contribution in [0.1, 0.15) is 0 Å². The van der Waals surface area contributed by atoms with E-state index in [4.69, 9.17) is 10.3 Å². The molecule has 0 aromatic carbocycles. The minimum Gasteiger partial charge on any atom is -0.367 e. The van der Waals surface area contributed by atoms with Crippen molar-refractivity contribution in [2.45, 2.75) is 0 Å². The fourth-order valence-electron chi connectivity index (χ4n) is 1.58. The molecule has 86 valence electrons. The molecule has 0 saturated heterocycles. The van der Waals surface area contributed by atoms with Crippen LogP contribution < -0.4 is 5.73 Å². The molecular weight excluding hydrogens is 320 g/mol. The molecule has 0 saturated carbocycles. The maximum atomic E-state index is 5.86. The number of hydrogen-bond donors (Lipinski definition) is 1. The van der Waals surface area contributed by atoms with Gasteiger partial charge in [0, 0.05) is 9.35 Å². The van der Waals surface area contributed by atoms with Gasteiger partial charge in [0.25, 0.3) is 0 Å². The predicted molar refractivity (Wildman–Crippen MR) is 75.2 cm³/mol. The van der Waals surface area contributed by atoms with Crippen LogP contribution in [0.25, 0.3) is 21.0 Å². The van der Waals surface area contributed by atoms with Crippen molar-refractivity contribution in [1.29, 1.82) is 0 Å². The van der Waals surface area contributed by atoms with E-state index in [2.05, 4.69) is 21.1 Å². The van der Waals surface area contributed by atoms with Gasteiger partial charge in [-0.1, -0.05) is 11.2 Å². The SMILES string of the molecule is Nc1onc(-c2sccc2Br)c1-c1cccs1. The first-order valence-corrected chi connectivity index (χ1v) is 7.35. The van der Waals surface area contributed by atoms with Crippen LogP contribution in [0.2, 0.25) is 0 Å². The van der Waals surface area contributed by atoms with Gasteiger partial charge < -0.3 is 10.3 Å². The van der Waals surface area contributed by atoms with Crippen molar-refractivity contribution in [2.75, 3.05) is 5.73 Å². The number of nitrogens with zero attached hydrogens (tertiary/aromatic N) is 1. The molecular formula is C11H7BrN2OS2. The van der Waals surface area contributed by atoms with Gasteiger partial charge in [0.1, 0.15) is 5.69 Å². The zero-order valence-corrected chi connectivity index (χ0v) is 11.7. The van der Waals surface area contributed by atoms with Crippen LogP contribution in [-0.2, 0) is 0 Å². The summed E-state index contributed by atoms with van der Waals surface area (Å²) >= 11 is 6.73. The fraction of sp³-hybridized carbons (Fsp3) is 0. The van der Waals surface area contributed by atoms with Gasteiger partial charge in [0.05, 0.1) is 10.4 Å². The number of hydrogen-bond acceptors (Lipinski definition) is 5. The molecule has 3 nitrogen and oxygen atoms in total. The van der Waals surface area contributed by atoms with Crippen molar-refractivity contribution in [3.63, 3.8) is 0 Å². The third-order valence-electron chi connectivity index (χ3n) is 2.32. The summed E-state index contributed by atoms with van der Waals surface area (Å²) < 4.78 is 6.13. The molecule has 3 rings (SSSR count). The first-order valence-electron chi connectivity index (χ1n) is 4.79. The molecule has 17 heavy (non-hydrogen) atoms. The second-order valence-corrected chi connectivity index (χ2v) is 6.06. The second kappa shape index (κ2) is 4.29. The van der Waals surface area contributed by atoms with Gasteiger partial charge in [0.2, 0.25) is 5.88 Å². The Balaban J connectivity index is 2.23. The summed E-state index contributed by atoms with van der Waals surface area (Å²) in [5, 5.41) is 8.07. The van der Waals surface area contributed by atoms with E-state index >= 15 is 0 Å². The summed E-state index contributed by atoms with van der Waals surface area (Å²) in [6.45, 7) is 0. The molecule has 0 fully saturated rings. The molecule has 6 heteroatoms. The van der Waals surface area contributed by atoms with E-state index in [-0.39, 0.29) is 0 Å². The number of rotatable bonds is 2. The van der Waals surface area contributed by atoms with Crippen LogP contribution in [0.4, 0.5) is 5.88 Å². The highest BCUT2D eigenvalue weighted by molar-refractivity contribution is 9.10. The Bertz CT molecular complexity index is 642. The molecule has 2 N–H and O–H groups in total. The number of nitrogen functional groups attached to an aromatic ring is 1. The molecule has 0 aliphatic heterocycles. The zero-order valence-electron chi connectivity index (χ0n) is 8.51. The van der Waals surface area contributed by atoms with Crippen LogP contribution in [0.5, 0.6) is 0 Å². The van der Waals surface area contributed by atoms with Crippen molar-refractivity contribution in [1.82, 2.24) is 5.16 Å². The summed E-state index contributed by atoms with van der Waals surface area (Å²) in [5.41, 5.74) is 7.53. The summed E-state index contributed by atoms with van der Waals surface area (Å²) in [7, 11) is 0. The molecule has 0 amide bonds. The molecule has 0 aliphatic carbocycles. The Morgan fingerprint density at radius 1 is 1.24 bits per heavy atom. The molecule has 0 atom stereocenters. The van der Waals surface area contributed by atoms with Gasteiger partial charge in [-0.2, -0.15) is 0 Å². The van der Waals surface area contributed by atoms with Gasteiger partial charge in [-0.15, -0.1) is 22.7 Å². The van der Waals surface area contributed by atoms with Crippen molar-refractivity contribution in [3.05, 3.63) is 33.4 Å². The Morgan fingerprint density at radius 2 is 2.12 bits per heavy atom.